The molecule has 0 radical (unpaired) electrons. The summed E-state index contributed by atoms with van der Waals surface area (Å²) in [6.45, 7) is 0. The predicted molar refractivity (Wildman–Crippen MR) is 132 cm³/mol. The highest BCUT2D eigenvalue weighted by molar-refractivity contribution is 7.23. The number of carbonyl (C=O) groups excluding carboxylic acids is 1. The SMILES string of the molecule is O=C(c1sc2ccccc2c1Cl)N(/N=C/c1ccc([N+](=O)[O-])s1)c1nc2ccc(F)cc2s1. The average Bonchev–Trinajstić information content (AvgIpc) is 3.51. The van der Waals surface area contributed by atoms with Gasteiger partial charge in [0.15, 0.2) is 0 Å². The number of thiophene rings is 2. The molecule has 0 saturated carbocycles. The second-order valence-electron chi connectivity index (χ2n) is 6.64. The quantitative estimate of drug-likeness (QED) is 0.143. The predicted octanol–water partition coefficient (Wildman–Crippen LogP) is 6.95. The first-order valence-electron chi connectivity index (χ1n) is 9.26. The summed E-state index contributed by atoms with van der Waals surface area (Å²) < 4.78 is 15.1. The Morgan fingerprint density at radius 1 is 1.12 bits per heavy atom. The van der Waals surface area contributed by atoms with Gasteiger partial charge in [-0.2, -0.15) is 10.1 Å². The first-order chi connectivity index (χ1) is 15.9. The van der Waals surface area contributed by atoms with E-state index in [0.29, 0.717) is 20.1 Å². The van der Waals surface area contributed by atoms with E-state index in [0.717, 1.165) is 37.8 Å². The lowest BCUT2D eigenvalue weighted by atomic mass is 10.2. The molecule has 1 amide bonds. The van der Waals surface area contributed by atoms with Crippen molar-refractivity contribution in [1.29, 1.82) is 0 Å². The summed E-state index contributed by atoms with van der Waals surface area (Å²) in [5.41, 5.74) is 0.513. The maximum atomic E-state index is 13.7. The normalized spacial score (nSPS) is 11.6. The molecule has 0 fully saturated rings. The van der Waals surface area contributed by atoms with Crippen molar-refractivity contribution in [3.63, 3.8) is 0 Å². The van der Waals surface area contributed by atoms with Gasteiger partial charge >= 0.3 is 5.00 Å². The van der Waals surface area contributed by atoms with Crippen molar-refractivity contribution in [1.82, 2.24) is 4.98 Å². The van der Waals surface area contributed by atoms with Crippen LogP contribution in [-0.4, -0.2) is 22.0 Å². The average molecular weight is 517 g/mol. The van der Waals surface area contributed by atoms with Gasteiger partial charge in [-0.15, -0.1) is 11.3 Å². The second kappa shape index (κ2) is 8.60. The van der Waals surface area contributed by atoms with E-state index >= 15 is 0 Å². The number of amides is 1. The number of fused-ring (bicyclic) bond motifs is 2. The number of hydrogen-bond donors (Lipinski definition) is 0. The summed E-state index contributed by atoms with van der Waals surface area (Å²) in [5.74, 6) is -0.930. The highest BCUT2D eigenvalue weighted by Crippen LogP contribution is 2.38. The maximum absolute atomic E-state index is 13.7. The first kappa shape index (κ1) is 21.6. The monoisotopic (exact) mass is 516 g/mol. The lowest BCUT2D eigenvalue weighted by Crippen LogP contribution is -2.25. The molecule has 164 valence electrons. The van der Waals surface area contributed by atoms with Gasteiger partial charge in [-0.3, -0.25) is 14.9 Å². The molecular weight excluding hydrogens is 507 g/mol. The molecule has 0 spiro atoms. The van der Waals surface area contributed by atoms with Crippen molar-refractivity contribution >= 4 is 88.2 Å². The van der Waals surface area contributed by atoms with Crippen LogP contribution in [0.15, 0.2) is 59.7 Å². The molecule has 33 heavy (non-hydrogen) atoms. The standard InChI is InChI=1S/C21H10ClFN4O3S3/c22-18-13-3-1-2-4-15(13)32-19(18)20(28)26(24-10-12-6-8-17(31-12)27(29)30)21-25-14-7-5-11(23)9-16(14)33-21/h1-10H/b24-10+. The Labute approximate surface area is 202 Å². The molecule has 0 aliphatic heterocycles. The first-order valence-corrected chi connectivity index (χ1v) is 12.1. The minimum absolute atomic E-state index is 0.0441. The van der Waals surface area contributed by atoms with Gasteiger partial charge in [0.25, 0.3) is 5.91 Å². The van der Waals surface area contributed by atoms with E-state index in [1.165, 1.54) is 47.9 Å². The summed E-state index contributed by atoms with van der Waals surface area (Å²) in [4.78, 5) is 29.2. The summed E-state index contributed by atoms with van der Waals surface area (Å²) in [6, 6.07) is 14.4. The molecule has 0 atom stereocenters. The molecule has 5 rings (SSSR count). The fraction of sp³-hybridized carbons (Fsp3) is 0. The zero-order valence-corrected chi connectivity index (χ0v) is 19.5. The van der Waals surface area contributed by atoms with Gasteiger partial charge in [-0.05, 0) is 30.3 Å². The summed E-state index contributed by atoms with van der Waals surface area (Å²) >= 11 is 9.76. The van der Waals surface area contributed by atoms with E-state index in [9.17, 15) is 19.3 Å². The molecule has 0 saturated heterocycles. The third-order valence-corrected chi connectivity index (χ3v) is 8.16. The Hall–Kier alpha value is -3.25. The van der Waals surface area contributed by atoms with Crippen LogP contribution in [0.1, 0.15) is 14.5 Å². The number of hydrazone groups is 1. The third-order valence-electron chi connectivity index (χ3n) is 4.53. The fourth-order valence-electron chi connectivity index (χ4n) is 3.04. The van der Waals surface area contributed by atoms with Crippen molar-refractivity contribution < 1.29 is 14.1 Å². The number of halogens is 2. The van der Waals surface area contributed by atoms with Crippen LogP contribution >= 0.6 is 45.6 Å². The third kappa shape index (κ3) is 4.11. The van der Waals surface area contributed by atoms with E-state index in [1.807, 2.05) is 24.3 Å². The molecule has 0 aliphatic rings. The number of hydrogen-bond acceptors (Lipinski definition) is 8. The van der Waals surface area contributed by atoms with Crippen LogP contribution in [0, 0.1) is 15.9 Å². The molecular formula is C21H10ClFN4O3S3. The minimum atomic E-state index is -0.511. The lowest BCUT2D eigenvalue weighted by molar-refractivity contribution is -0.380. The number of carbonyl (C=O) groups is 1. The van der Waals surface area contributed by atoms with E-state index in [2.05, 4.69) is 10.1 Å². The molecule has 0 N–H and O–H groups in total. The number of benzene rings is 2. The van der Waals surface area contributed by atoms with Crippen LogP contribution in [0.3, 0.4) is 0 Å². The molecule has 0 bridgehead atoms. The summed E-state index contributed by atoms with van der Waals surface area (Å²) in [7, 11) is 0. The van der Waals surface area contributed by atoms with Crippen molar-refractivity contribution in [2.45, 2.75) is 0 Å². The van der Waals surface area contributed by atoms with Crippen molar-refractivity contribution in [2.24, 2.45) is 5.10 Å². The van der Waals surface area contributed by atoms with Gasteiger partial charge < -0.3 is 0 Å². The van der Waals surface area contributed by atoms with Crippen LogP contribution in [0.5, 0.6) is 0 Å². The molecule has 7 nitrogen and oxygen atoms in total. The maximum Gasteiger partial charge on any atom is 0.324 e. The lowest BCUT2D eigenvalue weighted by Gasteiger charge is -2.12. The minimum Gasteiger partial charge on any atom is -0.266 e. The van der Waals surface area contributed by atoms with E-state index in [1.54, 1.807) is 0 Å². The zero-order chi connectivity index (χ0) is 23.1. The van der Waals surface area contributed by atoms with Crippen molar-refractivity contribution in [3.8, 4) is 0 Å². The summed E-state index contributed by atoms with van der Waals surface area (Å²) in [6.07, 6.45) is 1.35. The van der Waals surface area contributed by atoms with Gasteiger partial charge in [-0.1, -0.05) is 52.5 Å². The second-order valence-corrected chi connectivity index (χ2v) is 10.2. The summed E-state index contributed by atoms with van der Waals surface area (Å²) in [5, 5.41) is 17.6. The van der Waals surface area contributed by atoms with E-state index in [4.69, 9.17) is 11.6 Å². The topological polar surface area (TPSA) is 88.7 Å². The smallest absolute Gasteiger partial charge is 0.266 e. The van der Waals surface area contributed by atoms with E-state index in [-0.39, 0.29) is 15.0 Å². The van der Waals surface area contributed by atoms with Gasteiger partial charge in [0.1, 0.15) is 10.7 Å². The number of nitrogens with zero attached hydrogens (tertiary/aromatic N) is 4. The number of aromatic nitrogens is 1. The van der Waals surface area contributed by atoms with Gasteiger partial charge in [-0.25, -0.2) is 9.37 Å². The highest BCUT2D eigenvalue weighted by atomic mass is 35.5. The molecule has 0 aliphatic carbocycles. The Kier molecular flexibility index (Phi) is 5.62. The van der Waals surface area contributed by atoms with Crippen molar-refractivity contribution in [3.05, 3.63) is 85.3 Å². The van der Waals surface area contributed by atoms with Crippen LogP contribution in [0.2, 0.25) is 5.02 Å². The Morgan fingerprint density at radius 2 is 1.94 bits per heavy atom. The Bertz CT molecular complexity index is 1580. The largest absolute Gasteiger partial charge is 0.324 e. The van der Waals surface area contributed by atoms with Crippen LogP contribution in [0.4, 0.5) is 14.5 Å². The highest BCUT2D eigenvalue weighted by Gasteiger charge is 2.26. The number of nitro groups is 1. The number of rotatable bonds is 5. The van der Waals surface area contributed by atoms with Gasteiger partial charge in [0.05, 0.1) is 31.3 Å². The van der Waals surface area contributed by atoms with Crippen LogP contribution < -0.4 is 5.01 Å². The zero-order valence-electron chi connectivity index (χ0n) is 16.3. The van der Waals surface area contributed by atoms with Gasteiger partial charge in [0.2, 0.25) is 5.13 Å². The number of anilines is 1. The molecule has 0 unspecified atom stereocenters. The Morgan fingerprint density at radius 3 is 2.70 bits per heavy atom. The van der Waals surface area contributed by atoms with Crippen LogP contribution in [-0.2, 0) is 0 Å². The van der Waals surface area contributed by atoms with Crippen LogP contribution in [0.25, 0.3) is 20.3 Å². The molecule has 3 heterocycles. The molecule has 5 aromatic rings. The van der Waals surface area contributed by atoms with Gasteiger partial charge in [0, 0.05) is 16.2 Å². The molecule has 12 heteroatoms. The van der Waals surface area contributed by atoms with E-state index < -0.39 is 16.6 Å². The van der Waals surface area contributed by atoms with Crippen molar-refractivity contribution in [2.75, 3.05) is 5.01 Å². The number of thiazole rings is 1. The fourth-order valence-corrected chi connectivity index (χ4v) is 6.11. The molecule has 2 aromatic carbocycles. The molecule has 3 aromatic heterocycles. The Balaban J connectivity index is 1.60.